The molecule has 0 saturated carbocycles. The zero-order chi connectivity index (χ0) is 21.7. The summed E-state index contributed by atoms with van der Waals surface area (Å²) in [6.07, 6.45) is 1.14. The fraction of sp³-hybridized carbons (Fsp3) is 0.0833. The molecule has 3 aromatic carbocycles. The van der Waals surface area contributed by atoms with E-state index in [1.807, 2.05) is 18.2 Å². The molecule has 0 amide bonds. The largest absolute Gasteiger partial charge is 0.478 e. The van der Waals surface area contributed by atoms with Gasteiger partial charge in [0.2, 0.25) is 0 Å². The van der Waals surface area contributed by atoms with Crippen LogP contribution in [0.5, 0.6) is 0 Å². The lowest BCUT2D eigenvalue weighted by molar-refractivity contribution is 0.0686. The van der Waals surface area contributed by atoms with Crippen LogP contribution in [0.4, 0.5) is 11.4 Å². The molecule has 0 unspecified atom stereocenters. The van der Waals surface area contributed by atoms with Gasteiger partial charge in [-0.3, -0.25) is 9.98 Å². The first-order chi connectivity index (χ1) is 14.9. The van der Waals surface area contributed by atoms with Gasteiger partial charge in [0, 0.05) is 22.9 Å². The molecule has 2 heterocycles. The van der Waals surface area contributed by atoms with E-state index in [1.54, 1.807) is 36.4 Å². The van der Waals surface area contributed by atoms with Crippen molar-refractivity contribution in [2.75, 3.05) is 0 Å². The molecule has 0 radical (unpaired) electrons. The maximum Gasteiger partial charge on any atom is 0.335 e. The second-order valence-electron chi connectivity index (χ2n) is 7.46. The summed E-state index contributed by atoms with van der Waals surface area (Å²) >= 11 is 3.64. The normalized spacial score (nSPS) is 14.0. The highest BCUT2D eigenvalue weighted by Crippen LogP contribution is 2.34. The Labute approximate surface area is 185 Å². The van der Waals surface area contributed by atoms with Crippen LogP contribution in [0.25, 0.3) is 0 Å². The Kier molecular flexibility index (Phi) is 4.55. The standard InChI is InChI=1S/C24H15BrN2O4/c25-18-9-12(21-10-15-7-13(23(28)29)2-5-19(15)26-21)1-4-17(18)22-11-16-8-14(24(30)31)3-6-20(16)27-22/h1-9H,10-11H2,(H,28,29)(H,30,31). The molecule has 0 aromatic heterocycles. The van der Waals surface area contributed by atoms with Crippen molar-refractivity contribution < 1.29 is 19.8 Å². The molecule has 0 spiro atoms. The van der Waals surface area contributed by atoms with Gasteiger partial charge >= 0.3 is 11.9 Å². The van der Waals surface area contributed by atoms with Crippen molar-refractivity contribution in [1.82, 2.24) is 0 Å². The van der Waals surface area contributed by atoms with Gasteiger partial charge in [-0.05, 0) is 59.2 Å². The number of hydrogen-bond acceptors (Lipinski definition) is 4. The Morgan fingerprint density at radius 1 is 0.742 bits per heavy atom. The number of hydrogen-bond donors (Lipinski definition) is 2. The number of benzene rings is 3. The van der Waals surface area contributed by atoms with Crippen LogP contribution in [0.15, 0.2) is 69.1 Å². The molecule has 2 aliphatic rings. The third-order valence-corrected chi connectivity index (χ3v) is 6.15. The van der Waals surface area contributed by atoms with Crippen LogP contribution in [0.2, 0.25) is 0 Å². The van der Waals surface area contributed by atoms with Crippen molar-refractivity contribution in [2.24, 2.45) is 9.98 Å². The highest BCUT2D eigenvalue weighted by Gasteiger charge is 2.22. The lowest BCUT2D eigenvalue weighted by Gasteiger charge is -2.08. The van der Waals surface area contributed by atoms with Gasteiger partial charge in [0.05, 0.1) is 33.9 Å². The summed E-state index contributed by atoms with van der Waals surface area (Å²) in [7, 11) is 0. The minimum Gasteiger partial charge on any atom is -0.478 e. The van der Waals surface area contributed by atoms with Gasteiger partial charge in [-0.25, -0.2) is 9.59 Å². The molecule has 2 N–H and O–H groups in total. The number of carboxylic acid groups (broad SMARTS) is 2. The van der Waals surface area contributed by atoms with Crippen molar-refractivity contribution in [1.29, 1.82) is 0 Å². The highest BCUT2D eigenvalue weighted by molar-refractivity contribution is 9.10. The Morgan fingerprint density at radius 3 is 1.84 bits per heavy atom. The Balaban J connectivity index is 1.40. The molecule has 6 nitrogen and oxygen atoms in total. The van der Waals surface area contributed by atoms with Gasteiger partial charge in [-0.2, -0.15) is 0 Å². The first-order valence-corrected chi connectivity index (χ1v) is 10.4. The van der Waals surface area contributed by atoms with E-state index in [9.17, 15) is 19.8 Å². The molecule has 7 heteroatoms. The summed E-state index contributed by atoms with van der Waals surface area (Å²) < 4.78 is 0.875. The highest BCUT2D eigenvalue weighted by atomic mass is 79.9. The maximum absolute atomic E-state index is 11.2. The first-order valence-electron chi connectivity index (χ1n) is 9.57. The van der Waals surface area contributed by atoms with Crippen molar-refractivity contribution in [2.45, 2.75) is 12.8 Å². The summed E-state index contributed by atoms with van der Waals surface area (Å²) in [6.45, 7) is 0. The topological polar surface area (TPSA) is 99.3 Å². The number of rotatable bonds is 4. The number of nitrogens with zero attached hydrogens (tertiary/aromatic N) is 2. The van der Waals surface area contributed by atoms with Crippen molar-refractivity contribution in [3.8, 4) is 0 Å². The van der Waals surface area contributed by atoms with Crippen LogP contribution in [0.3, 0.4) is 0 Å². The van der Waals surface area contributed by atoms with Gasteiger partial charge in [0.15, 0.2) is 0 Å². The molecule has 0 fully saturated rings. The third kappa shape index (κ3) is 3.47. The molecule has 0 saturated heterocycles. The van der Waals surface area contributed by atoms with E-state index < -0.39 is 11.9 Å². The number of fused-ring (bicyclic) bond motifs is 2. The molecule has 31 heavy (non-hydrogen) atoms. The summed E-state index contributed by atoms with van der Waals surface area (Å²) in [5, 5.41) is 18.4. The monoisotopic (exact) mass is 474 g/mol. The van der Waals surface area contributed by atoms with Gasteiger partial charge in [-0.15, -0.1) is 0 Å². The van der Waals surface area contributed by atoms with Crippen LogP contribution in [-0.4, -0.2) is 33.6 Å². The SMILES string of the molecule is O=C(O)c1ccc2c(c1)CC(c1ccc(C3=Nc4ccc(C(=O)O)cc4C3)c(Br)c1)=N2. The molecule has 0 aliphatic carbocycles. The molecular formula is C24H15BrN2O4. The van der Waals surface area contributed by atoms with E-state index >= 15 is 0 Å². The van der Waals surface area contributed by atoms with E-state index in [0.717, 1.165) is 49.5 Å². The quantitative estimate of drug-likeness (QED) is 0.542. The van der Waals surface area contributed by atoms with Gasteiger partial charge in [0.1, 0.15) is 0 Å². The number of halogens is 1. The van der Waals surface area contributed by atoms with Crippen LogP contribution in [-0.2, 0) is 12.8 Å². The number of carboxylic acids is 2. The molecule has 152 valence electrons. The third-order valence-electron chi connectivity index (χ3n) is 5.49. The Morgan fingerprint density at radius 2 is 1.29 bits per heavy atom. The van der Waals surface area contributed by atoms with Gasteiger partial charge < -0.3 is 10.2 Å². The predicted octanol–water partition coefficient (Wildman–Crippen LogP) is 5.20. The van der Waals surface area contributed by atoms with E-state index in [0.29, 0.717) is 12.8 Å². The number of aromatic carboxylic acids is 2. The molecular weight excluding hydrogens is 460 g/mol. The Bertz CT molecular complexity index is 1360. The van der Waals surface area contributed by atoms with Crippen molar-refractivity contribution >= 4 is 50.7 Å². The zero-order valence-corrected chi connectivity index (χ0v) is 17.7. The summed E-state index contributed by atoms with van der Waals surface area (Å²) in [5.41, 5.74) is 7.56. The van der Waals surface area contributed by atoms with E-state index in [2.05, 4.69) is 25.9 Å². The summed E-state index contributed by atoms with van der Waals surface area (Å²) in [4.78, 5) is 31.8. The lowest BCUT2D eigenvalue weighted by atomic mass is 9.99. The minimum atomic E-state index is -0.949. The summed E-state index contributed by atoms with van der Waals surface area (Å²) in [6, 6.07) is 15.9. The van der Waals surface area contributed by atoms with E-state index in [-0.39, 0.29) is 11.1 Å². The van der Waals surface area contributed by atoms with E-state index in [4.69, 9.17) is 0 Å². The average Bonchev–Trinajstić information content (AvgIpc) is 3.36. The molecule has 2 aliphatic heterocycles. The molecule has 0 bridgehead atoms. The fourth-order valence-corrected chi connectivity index (χ4v) is 4.53. The second kappa shape index (κ2) is 7.28. The lowest BCUT2D eigenvalue weighted by Crippen LogP contribution is -2.06. The maximum atomic E-state index is 11.2. The van der Waals surface area contributed by atoms with Crippen LogP contribution < -0.4 is 0 Å². The Hall–Kier alpha value is -3.58. The predicted molar refractivity (Wildman–Crippen MR) is 121 cm³/mol. The molecule has 3 aromatic rings. The van der Waals surface area contributed by atoms with Gasteiger partial charge in [0.25, 0.3) is 0 Å². The first kappa shape index (κ1) is 19.4. The average molecular weight is 475 g/mol. The second-order valence-corrected chi connectivity index (χ2v) is 8.32. The number of carbonyl (C=O) groups is 2. The van der Waals surface area contributed by atoms with Crippen LogP contribution in [0, 0.1) is 0 Å². The van der Waals surface area contributed by atoms with Crippen molar-refractivity contribution in [3.05, 3.63) is 92.5 Å². The van der Waals surface area contributed by atoms with Gasteiger partial charge in [-0.1, -0.05) is 28.1 Å². The minimum absolute atomic E-state index is 0.259. The van der Waals surface area contributed by atoms with Crippen LogP contribution >= 0.6 is 15.9 Å². The molecule has 0 atom stereocenters. The van der Waals surface area contributed by atoms with Crippen molar-refractivity contribution in [3.63, 3.8) is 0 Å². The smallest absolute Gasteiger partial charge is 0.335 e. The van der Waals surface area contributed by atoms with Crippen LogP contribution in [0.1, 0.15) is 43.0 Å². The molecule has 5 rings (SSSR count). The van der Waals surface area contributed by atoms with E-state index in [1.165, 1.54) is 0 Å². The summed E-state index contributed by atoms with van der Waals surface area (Å²) in [5.74, 6) is -1.90. The fourth-order valence-electron chi connectivity index (χ4n) is 3.92. The zero-order valence-electron chi connectivity index (χ0n) is 16.1. The number of aliphatic imine (C=N–C) groups is 2.